The summed E-state index contributed by atoms with van der Waals surface area (Å²) in [6.07, 6.45) is 1.54. The van der Waals surface area contributed by atoms with Crippen LogP contribution in [0.25, 0.3) is 0 Å². The lowest BCUT2D eigenvalue weighted by Crippen LogP contribution is -2.25. The zero-order valence-corrected chi connectivity index (χ0v) is 20.9. The van der Waals surface area contributed by atoms with Gasteiger partial charge in [-0.05, 0) is 30.2 Å². The molecule has 0 fully saturated rings. The number of aryl methyl sites for hydroxylation is 1. The minimum Gasteiger partial charge on any atom is -0.454 e. The van der Waals surface area contributed by atoms with Crippen LogP contribution in [0.5, 0.6) is 0 Å². The van der Waals surface area contributed by atoms with Gasteiger partial charge in [-0.2, -0.15) is 5.10 Å². The Morgan fingerprint density at radius 1 is 1.09 bits per heavy atom. The van der Waals surface area contributed by atoms with Gasteiger partial charge in [0.15, 0.2) is 12.4 Å². The molecule has 0 unspecified atom stereocenters. The molecule has 2 aromatic carbocycles. The molecule has 1 aromatic heterocycles. The van der Waals surface area contributed by atoms with Crippen LogP contribution >= 0.6 is 23.2 Å². The smallest absolute Gasteiger partial charge is 0.343 e. The molecular weight excluding hydrogens is 473 g/mol. The zero-order valence-electron chi connectivity index (χ0n) is 19.4. The second-order valence-corrected chi connectivity index (χ2v) is 9.54. The molecular formula is C26H25Cl2N3O3. The van der Waals surface area contributed by atoms with Crippen molar-refractivity contribution in [3.8, 4) is 0 Å². The van der Waals surface area contributed by atoms with E-state index >= 15 is 0 Å². The van der Waals surface area contributed by atoms with Crippen LogP contribution in [0.15, 0.2) is 60.3 Å². The van der Waals surface area contributed by atoms with Gasteiger partial charge in [-0.15, -0.1) is 0 Å². The number of anilines is 1. The standard InChI is InChI=1S/C26H25Cl2N3O3/c1-16-23(24(28)31(29-16)14-17-9-5-7-11-20(17)27)25(33)34-15-18(32)13-22-26(2,3)19-10-6-8-12-21(19)30(22)4/h5-13H,14-15H2,1-4H3. The Hall–Kier alpha value is -3.09. The first-order chi connectivity index (χ1) is 16.1. The largest absolute Gasteiger partial charge is 0.454 e. The first-order valence-corrected chi connectivity index (χ1v) is 11.6. The van der Waals surface area contributed by atoms with E-state index in [0.29, 0.717) is 17.3 Å². The van der Waals surface area contributed by atoms with Crippen molar-refractivity contribution in [2.24, 2.45) is 0 Å². The number of nitrogens with zero attached hydrogens (tertiary/aromatic N) is 3. The summed E-state index contributed by atoms with van der Waals surface area (Å²) < 4.78 is 6.81. The number of halogens is 2. The molecule has 0 amide bonds. The van der Waals surface area contributed by atoms with Crippen LogP contribution in [0.4, 0.5) is 5.69 Å². The molecule has 3 aromatic rings. The van der Waals surface area contributed by atoms with Gasteiger partial charge in [0.05, 0.1) is 12.2 Å². The molecule has 0 atom stereocenters. The minimum absolute atomic E-state index is 0.139. The summed E-state index contributed by atoms with van der Waals surface area (Å²) in [6.45, 7) is 5.71. The number of allylic oxidation sites excluding steroid dienone is 1. The highest BCUT2D eigenvalue weighted by molar-refractivity contribution is 6.33. The van der Waals surface area contributed by atoms with Crippen molar-refractivity contribution >= 4 is 40.6 Å². The van der Waals surface area contributed by atoms with Crippen molar-refractivity contribution in [1.29, 1.82) is 0 Å². The minimum atomic E-state index is -0.693. The molecule has 1 aliphatic rings. The van der Waals surface area contributed by atoms with Crippen LogP contribution in [-0.4, -0.2) is 35.2 Å². The summed E-state index contributed by atoms with van der Waals surface area (Å²) in [4.78, 5) is 27.5. The number of para-hydroxylation sites is 1. The normalized spacial score (nSPS) is 15.5. The number of hydrogen-bond acceptors (Lipinski definition) is 5. The average molecular weight is 498 g/mol. The van der Waals surface area contributed by atoms with Gasteiger partial charge in [0.2, 0.25) is 0 Å². The molecule has 0 saturated heterocycles. The number of hydrogen-bond donors (Lipinski definition) is 0. The van der Waals surface area contributed by atoms with Gasteiger partial charge in [-0.25, -0.2) is 9.48 Å². The van der Waals surface area contributed by atoms with Gasteiger partial charge >= 0.3 is 5.97 Å². The van der Waals surface area contributed by atoms with Gasteiger partial charge < -0.3 is 9.64 Å². The zero-order chi connectivity index (χ0) is 24.6. The van der Waals surface area contributed by atoms with Crippen LogP contribution in [0, 0.1) is 6.92 Å². The summed E-state index contributed by atoms with van der Waals surface area (Å²) in [7, 11) is 1.93. The Morgan fingerprint density at radius 2 is 1.76 bits per heavy atom. The monoisotopic (exact) mass is 497 g/mol. The van der Waals surface area contributed by atoms with E-state index in [4.69, 9.17) is 27.9 Å². The third-order valence-electron chi connectivity index (χ3n) is 6.13. The molecule has 0 saturated carbocycles. The van der Waals surface area contributed by atoms with Crippen molar-refractivity contribution < 1.29 is 14.3 Å². The van der Waals surface area contributed by atoms with Crippen molar-refractivity contribution in [1.82, 2.24) is 9.78 Å². The van der Waals surface area contributed by atoms with Crippen molar-refractivity contribution in [3.05, 3.63) is 92.9 Å². The topological polar surface area (TPSA) is 64.4 Å². The number of fused-ring (bicyclic) bond motifs is 1. The second kappa shape index (κ2) is 9.28. The number of ketones is 1. The van der Waals surface area contributed by atoms with Crippen LogP contribution < -0.4 is 4.90 Å². The molecule has 0 bridgehead atoms. The van der Waals surface area contributed by atoms with Gasteiger partial charge in [-0.3, -0.25) is 4.79 Å². The Morgan fingerprint density at radius 3 is 2.47 bits per heavy atom. The first kappa shape index (κ1) is 24.0. The maximum Gasteiger partial charge on any atom is 0.343 e. The molecule has 8 heteroatoms. The Balaban J connectivity index is 1.47. The van der Waals surface area contributed by atoms with E-state index in [1.54, 1.807) is 19.1 Å². The number of rotatable bonds is 6. The van der Waals surface area contributed by atoms with E-state index in [1.807, 2.05) is 48.3 Å². The van der Waals surface area contributed by atoms with E-state index in [0.717, 1.165) is 22.5 Å². The maximum atomic E-state index is 12.8. The molecule has 34 heavy (non-hydrogen) atoms. The van der Waals surface area contributed by atoms with Crippen LogP contribution in [-0.2, 0) is 21.5 Å². The number of carbonyl (C=O) groups excluding carboxylic acids is 2. The van der Waals surface area contributed by atoms with Crippen molar-refractivity contribution in [3.63, 3.8) is 0 Å². The lowest BCUT2D eigenvalue weighted by atomic mass is 9.83. The van der Waals surface area contributed by atoms with Gasteiger partial charge in [0.1, 0.15) is 10.7 Å². The molecule has 6 nitrogen and oxygen atoms in total. The van der Waals surface area contributed by atoms with Crippen LogP contribution in [0.1, 0.15) is 41.0 Å². The fourth-order valence-electron chi connectivity index (χ4n) is 4.34. The Bertz CT molecular complexity index is 1310. The number of likely N-dealkylation sites (N-methyl/N-ethyl adjacent to an activating group) is 1. The summed E-state index contributed by atoms with van der Waals surface area (Å²) in [5.74, 6) is -1.00. The average Bonchev–Trinajstić information content (AvgIpc) is 3.18. The highest BCUT2D eigenvalue weighted by Crippen LogP contribution is 2.46. The van der Waals surface area contributed by atoms with Gasteiger partial charge in [-0.1, -0.05) is 73.4 Å². The molecule has 0 radical (unpaired) electrons. The number of ether oxygens (including phenoxy) is 1. The Kier molecular flexibility index (Phi) is 6.56. The van der Waals surface area contributed by atoms with E-state index in [1.165, 1.54) is 4.68 Å². The molecule has 0 spiro atoms. The molecule has 0 aliphatic carbocycles. The second-order valence-electron chi connectivity index (χ2n) is 8.77. The van der Waals surface area contributed by atoms with Gasteiger partial charge in [0, 0.05) is 34.9 Å². The number of carbonyl (C=O) groups is 2. The number of aromatic nitrogens is 2. The maximum absolute atomic E-state index is 12.8. The lowest BCUT2D eigenvalue weighted by Gasteiger charge is -2.23. The molecule has 2 heterocycles. The van der Waals surface area contributed by atoms with E-state index in [2.05, 4.69) is 25.0 Å². The summed E-state index contributed by atoms with van der Waals surface area (Å²) in [6, 6.07) is 15.4. The van der Waals surface area contributed by atoms with Crippen LogP contribution in [0.3, 0.4) is 0 Å². The number of esters is 1. The molecule has 4 rings (SSSR count). The predicted octanol–water partition coefficient (Wildman–Crippen LogP) is 5.58. The highest BCUT2D eigenvalue weighted by atomic mass is 35.5. The molecule has 176 valence electrons. The van der Waals surface area contributed by atoms with Crippen molar-refractivity contribution in [2.75, 3.05) is 18.6 Å². The summed E-state index contributed by atoms with van der Waals surface area (Å²) >= 11 is 12.7. The predicted molar refractivity (Wildman–Crippen MR) is 134 cm³/mol. The number of benzene rings is 2. The van der Waals surface area contributed by atoms with E-state index < -0.39 is 12.6 Å². The van der Waals surface area contributed by atoms with E-state index in [-0.39, 0.29) is 21.9 Å². The van der Waals surface area contributed by atoms with Crippen molar-refractivity contribution in [2.45, 2.75) is 32.7 Å². The fourth-order valence-corrected chi connectivity index (χ4v) is 4.85. The quantitative estimate of drug-likeness (QED) is 0.328. The van der Waals surface area contributed by atoms with E-state index in [9.17, 15) is 9.59 Å². The third-order valence-corrected chi connectivity index (χ3v) is 6.88. The fraction of sp³-hybridized carbons (Fsp3) is 0.269. The lowest BCUT2D eigenvalue weighted by molar-refractivity contribution is -0.117. The molecule has 0 N–H and O–H groups in total. The first-order valence-electron chi connectivity index (χ1n) is 10.8. The van der Waals surface area contributed by atoms with Crippen LogP contribution in [0.2, 0.25) is 10.2 Å². The molecule has 1 aliphatic heterocycles. The Labute approximate surface area is 208 Å². The van der Waals surface area contributed by atoms with Gasteiger partial charge in [0.25, 0.3) is 0 Å². The highest BCUT2D eigenvalue weighted by Gasteiger charge is 2.38. The summed E-state index contributed by atoms with van der Waals surface area (Å²) in [5.41, 5.74) is 4.07. The SMILES string of the molecule is Cc1nn(Cc2ccccc2Cl)c(Cl)c1C(=O)OCC(=O)C=C1N(C)c2ccccc2C1(C)C. The third kappa shape index (κ3) is 4.36. The summed E-state index contributed by atoms with van der Waals surface area (Å²) in [5, 5.41) is 5.07.